The van der Waals surface area contributed by atoms with Crippen LogP contribution < -0.4 is 0 Å². The monoisotopic (exact) mass is 1870 g/mol. The third kappa shape index (κ3) is 51.6. The number of benzene rings is 14. The first-order valence-corrected chi connectivity index (χ1v) is 53.0. The topological polar surface area (TPSA) is 0 Å². The molecule has 14 aromatic carbocycles. The van der Waals surface area contributed by atoms with Crippen molar-refractivity contribution in [2.45, 2.75) is 318 Å². The standard InChI is InChI=1S/3C15H16.C15H20.C13H20.2C13H18.C13H16.2C10H14.C9H12/c3*1-12(2)13-8-10-15(11-9-13)14-6-4-3-5-7-14;1-12(2)6-5-7-14-8-10-15(11-9-14)13(3)4;4*1-4-5-6-12-7-9-13(10-8-12)11(2)3;1-8(2)10-6-4-9(3)5-7-10;1-8(2)10-6-4-5-9(3)7-10;1-8(2)9-6-4-3-5-7-9/h3*3-12H,1-2H3;8-13H,6H2,1-4H3;7-11H,4-6H2,1-3H3;2*5-11H,4H2,1-3H3;7-11H,4H2,1-3H3;2*4-8H,1-3H3;3-8H,1-2H3/b;;;;;6-5+;6-5-;;;;. The highest BCUT2D eigenvalue weighted by atomic mass is 14.1. The van der Waals surface area contributed by atoms with Gasteiger partial charge in [-0.25, -0.2) is 0 Å². The van der Waals surface area contributed by atoms with E-state index in [9.17, 15) is 0 Å². The van der Waals surface area contributed by atoms with Crippen molar-refractivity contribution in [1.82, 2.24) is 0 Å². The lowest BCUT2D eigenvalue weighted by Crippen LogP contribution is -1.89. The van der Waals surface area contributed by atoms with Crippen LogP contribution >= 0.6 is 0 Å². The molecule has 0 spiro atoms. The molecule has 0 N–H and O–H groups in total. The second-order valence-electron chi connectivity index (χ2n) is 40.5. The minimum Gasteiger partial charge on any atom is -0.0982 e. The summed E-state index contributed by atoms with van der Waals surface area (Å²) < 4.78 is 0. The van der Waals surface area contributed by atoms with Crippen molar-refractivity contribution in [3.05, 3.63) is 476 Å². The van der Waals surface area contributed by atoms with E-state index >= 15 is 0 Å². The maximum atomic E-state index is 3.20. The highest BCUT2D eigenvalue weighted by Gasteiger charge is 2.08. The lowest BCUT2D eigenvalue weighted by molar-refractivity contribution is 0.676. The Morgan fingerprint density at radius 2 is 0.461 bits per heavy atom. The van der Waals surface area contributed by atoms with Gasteiger partial charge in [0.05, 0.1) is 0 Å². The zero-order valence-corrected chi connectivity index (χ0v) is 92.8. The zero-order chi connectivity index (χ0) is 104. The predicted molar refractivity (Wildman–Crippen MR) is 632 cm³/mol. The first-order valence-electron chi connectivity index (χ1n) is 53.0. The van der Waals surface area contributed by atoms with Gasteiger partial charge in [-0.3, -0.25) is 0 Å². The van der Waals surface area contributed by atoms with Crippen LogP contribution in [0.5, 0.6) is 0 Å². The maximum absolute atomic E-state index is 3.20. The van der Waals surface area contributed by atoms with E-state index in [0.29, 0.717) is 71.0 Å². The van der Waals surface area contributed by atoms with Gasteiger partial charge in [-0.05, 0) is 246 Å². The molecule has 0 unspecified atom stereocenters. The van der Waals surface area contributed by atoms with Gasteiger partial charge in [-0.15, -0.1) is 0 Å². The highest BCUT2D eigenvalue weighted by molar-refractivity contribution is 5.66. The molecule has 0 aliphatic heterocycles. The average Bonchev–Trinajstić information content (AvgIpc) is 0.862. The van der Waals surface area contributed by atoms with E-state index in [1.165, 1.54) is 142 Å². The Bertz CT molecular complexity index is 5420. The van der Waals surface area contributed by atoms with Crippen molar-refractivity contribution in [3.63, 3.8) is 0 Å². The highest BCUT2D eigenvalue weighted by Crippen LogP contribution is 2.28. The van der Waals surface area contributed by atoms with Gasteiger partial charge in [0.25, 0.3) is 0 Å². The van der Waals surface area contributed by atoms with Gasteiger partial charge in [-0.2, -0.15) is 0 Å². The van der Waals surface area contributed by atoms with Crippen molar-refractivity contribution in [2.75, 3.05) is 0 Å². The van der Waals surface area contributed by atoms with Crippen molar-refractivity contribution < 1.29 is 0 Å². The predicted octanol–water partition coefficient (Wildman–Crippen LogP) is 42.9. The Kier molecular flexibility index (Phi) is 60.3. The van der Waals surface area contributed by atoms with Crippen LogP contribution in [0.2, 0.25) is 0 Å². The molecule has 744 valence electrons. The molecule has 0 heteroatoms. The quantitative estimate of drug-likeness (QED) is 0.0593. The fraction of sp³-hybridized carbons (Fsp3) is 0.348. The third-order valence-electron chi connectivity index (χ3n) is 24.0. The Morgan fingerprint density at radius 3 is 0.709 bits per heavy atom. The molecule has 0 fully saturated rings. The first-order chi connectivity index (χ1) is 67.6. The average molecular weight is 1870 g/mol. The molecule has 14 rings (SSSR count). The lowest BCUT2D eigenvalue weighted by atomic mass is 9.99. The van der Waals surface area contributed by atoms with Crippen molar-refractivity contribution in [2.24, 2.45) is 5.92 Å². The first kappa shape index (κ1) is 121. The van der Waals surface area contributed by atoms with E-state index in [2.05, 4.69) is 595 Å². The summed E-state index contributed by atoms with van der Waals surface area (Å²) in [5, 5.41) is 0. The molecular formula is C141H180. The van der Waals surface area contributed by atoms with Crippen LogP contribution in [0.4, 0.5) is 0 Å². The molecule has 0 aliphatic carbocycles. The Balaban J connectivity index is 0.000000325. The van der Waals surface area contributed by atoms with Gasteiger partial charge in [0.15, 0.2) is 0 Å². The smallest absolute Gasteiger partial charge is 0.0245 e. The lowest BCUT2D eigenvalue weighted by Gasteiger charge is -2.06. The molecule has 0 aliphatic rings. The van der Waals surface area contributed by atoms with E-state index in [4.69, 9.17) is 0 Å². The van der Waals surface area contributed by atoms with Crippen LogP contribution in [0, 0.1) is 43.4 Å². The van der Waals surface area contributed by atoms with Gasteiger partial charge in [0.1, 0.15) is 0 Å². The molecule has 0 aromatic heterocycles. The van der Waals surface area contributed by atoms with E-state index in [-0.39, 0.29) is 0 Å². The third-order valence-corrected chi connectivity index (χ3v) is 24.0. The van der Waals surface area contributed by atoms with Crippen LogP contribution in [0.3, 0.4) is 0 Å². The molecule has 0 saturated carbocycles. The fourth-order valence-corrected chi connectivity index (χ4v) is 14.3. The molecule has 141 heavy (non-hydrogen) atoms. The minimum atomic E-state index is 0.600. The van der Waals surface area contributed by atoms with Crippen molar-refractivity contribution in [3.8, 4) is 57.1 Å². The second kappa shape index (κ2) is 70.3. The molecule has 0 atom stereocenters. The molecular weight excluding hydrogens is 1690 g/mol. The molecule has 0 nitrogen and oxygen atoms in total. The molecule has 0 radical (unpaired) electrons. The summed E-state index contributed by atoms with van der Waals surface area (Å²) in [7, 11) is 0. The SMILES string of the molecule is CC(C)CC#Cc1ccc(C(C)C)cc1.CC(C)c1ccc(-c2ccccc2)cc1.CC(C)c1ccc(-c2ccccc2)cc1.CC(C)c1ccc(-c2ccccc2)cc1.CC(C)c1ccccc1.CC/C=C/c1ccc(C(C)C)cc1.CC/C=C\c1ccc(C(C)C)cc1.CCC#Cc1ccc(C(C)C)cc1.CCCCc1ccc(C(C)C)cc1.Cc1ccc(C(C)C)cc1.Cc1cccc(C(C)C)c1. The molecule has 0 saturated heterocycles. The van der Waals surface area contributed by atoms with Gasteiger partial charge in [0, 0.05) is 24.0 Å². The number of allylic oxidation sites excluding steroid dienone is 2. The Morgan fingerprint density at radius 1 is 0.220 bits per heavy atom. The van der Waals surface area contributed by atoms with Gasteiger partial charge >= 0.3 is 0 Å². The molecule has 0 heterocycles. The molecule has 14 aromatic rings. The summed E-state index contributed by atoms with van der Waals surface area (Å²) in [6.45, 7) is 66.0. The number of hydrogen-bond donors (Lipinski definition) is 0. The molecule has 0 amide bonds. The minimum absolute atomic E-state index is 0.600. The summed E-state index contributed by atoms with van der Waals surface area (Å²) in [4.78, 5) is 0. The van der Waals surface area contributed by atoms with E-state index in [1.54, 1.807) is 0 Å². The molecule has 0 bridgehead atoms. The second-order valence-corrected chi connectivity index (χ2v) is 40.5. The van der Waals surface area contributed by atoms with Crippen LogP contribution in [0.25, 0.3) is 45.5 Å². The van der Waals surface area contributed by atoms with Crippen molar-refractivity contribution >= 4 is 12.2 Å². The van der Waals surface area contributed by atoms with E-state index in [0.717, 1.165) is 36.8 Å². The fourth-order valence-electron chi connectivity index (χ4n) is 14.3. The number of rotatable bonds is 22. The summed E-state index contributed by atoms with van der Waals surface area (Å²) in [5.74, 6) is 20.1. The Labute approximate surface area is 863 Å². The van der Waals surface area contributed by atoms with Crippen LogP contribution in [0.1, 0.15) is 398 Å². The summed E-state index contributed by atoms with van der Waals surface area (Å²) >= 11 is 0. The maximum Gasteiger partial charge on any atom is 0.0245 e. The number of aryl methyl sites for hydroxylation is 3. The Hall–Kier alpha value is -12.3. The van der Waals surface area contributed by atoms with Crippen LogP contribution in [0.15, 0.2) is 376 Å². The summed E-state index contributed by atoms with van der Waals surface area (Å²) in [6, 6.07) is 130. The van der Waals surface area contributed by atoms with Gasteiger partial charge in [-0.1, -0.05) is 599 Å². The zero-order valence-electron chi connectivity index (χ0n) is 92.8. The number of unbranched alkanes of at least 4 members (excludes halogenated alkanes) is 1. The van der Waals surface area contributed by atoms with Gasteiger partial charge in [0.2, 0.25) is 0 Å². The largest absolute Gasteiger partial charge is 0.0982 e. The van der Waals surface area contributed by atoms with Crippen molar-refractivity contribution in [1.29, 1.82) is 0 Å². The van der Waals surface area contributed by atoms with Gasteiger partial charge < -0.3 is 0 Å². The summed E-state index contributed by atoms with van der Waals surface area (Å²) in [5.41, 5.74) is 32.2. The normalized spacial score (nSPS) is 10.6. The number of hydrogen-bond acceptors (Lipinski definition) is 0. The summed E-state index contributed by atoms with van der Waals surface area (Å²) in [6.07, 6.45) is 16.6. The van der Waals surface area contributed by atoms with Crippen LogP contribution in [-0.2, 0) is 6.42 Å². The van der Waals surface area contributed by atoms with E-state index in [1.807, 2.05) is 24.3 Å². The van der Waals surface area contributed by atoms with E-state index < -0.39 is 0 Å². The van der Waals surface area contributed by atoms with Crippen LogP contribution in [-0.4, -0.2) is 0 Å².